The Morgan fingerprint density at radius 2 is 1.88 bits per heavy atom. The second-order valence-electron chi connectivity index (χ2n) is 5.23. The van der Waals surface area contributed by atoms with Crippen molar-refractivity contribution in [3.63, 3.8) is 0 Å². The van der Waals surface area contributed by atoms with Gasteiger partial charge < -0.3 is 4.98 Å². The Bertz CT molecular complexity index is 893. The molecule has 1 aromatic carbocycles. The number of sulfonamides is 1. The van der Waals surface area contributed by atoms with Crippen molar-refractivity contribution in [3.05, 3.63) is 41.6 Å². The van der Waals surface area contributed by atoms with Gasteiger partial charge in [-0.15, -0.1) is 0 Å². The lowest BCUT2D eigenvalue weighted by Crippen LogP contribution is -2.25. The number of aromatic amines is 1. The highest BCUT2D eigenvalue weighted by molar-refractivity contribution is 7.89. The summed E-state index contributed by atoms with van der Waals surface area (Å²) in [6.07, 6.45) is -4.73. The van der Waals surface area contributed by atoms with Crippen molar-refractivity contribution < 1.29 is 21.6 Å². The molecule has 2 aromatic rings. The zero-order valence-electron chi connectivity index (χ0n) is 12.8. The number of H-pyrrole nitrogens is 1. The van der Waals surface area contributed by atoms with E-state index in [0.29, 0.717) is 11.4 Å². The molecule has 0 radical (unpaired) electrons. The summed E-state index contributed by atoms with van der Waals surface area (Å²) >= 11 is 0. The molecular formula is C15H14F3N3O2S. The fourth-order valence-corrected chi connectivity index (χ4v) is 3.22. The van der Waals surface area contributed by atoms with Crippen LogP contribution in [0.5, 0.6) is 0 Å². The maximum Gasteiger partial charge on any atom is 0.417 e. The molecule has 1 heterocycles. The smallest absolute Gasteiger partial charge is 0.358 e. The third-order valence-electron chi connectivity index (χ3n) is 3.37. The largest absolute Gasteiger partial charge is 0.417 e. The van der Waals surface area contributed by atoms with E-state index in [0.717, 1.165) is 16.4 Å². The summed E-state index contributed by atoms with van der Waals surface area (Å²) in [5.74, 6) is 0. The van der Waals surface area contributed by atoms with Crippen LogP contribution in [-0.2, 0) is 22.6 Å². The first-order chi connectivity index (χ1) is 11.1. The number of benzene rings is 1. The Labute approximate surface area is 137 Å². The van der Waals surface area contributed by atoms with Crippen LogP contribution in [0.25, 0.3) is 11.3 Å². The number of nitriles is 1. The van der Waals surface area contributed by atoms with E-state index in [-0.39, 0.29) is 12.0 Å². The van der Waals surface area contributed by atoms with Crippen molar-refractivity contribution in [2.45, 2.75) is 17.5 Å². The highest BCUT2D eigenvalue weighted by Crippen LogP contribution is 2.37. The summed E-state index contributed by atoms with van der Waals surface area (Å²) in [5.41, 5.74) is -0.111. The Balaban J connectivity index is 2.61. The lowest BCUT2D eigenvalue weighted by atomic mass is 10.1. The quantitative estimate of drug-likeness (QED) is 0.914. The average Bonchev–Trinajstić information content (AvgIpc) is 2.94. The third kappa shape index (κ3) is 3.44. The maximum atomic E-state index is 13.3. The first kappa shape index (κ1) is 18.0. The lowest BCUT2D eigenvalue weighted by Gasteiger charge is -2.17. The predicted molar refractivity (Wildman–Crippen MR) is 81.4 cm³/mol. The molecule has 0 spiro atoms. The van der Waals surface area contributed by atoms with E-state index in [1.807, 2.05) is 6.07 Å². The van der Waals surface area contributed by atoms with Crippen LogP contribution in [0.2, 0.25) is 0 Å². The van der Waals surface area contributed by atoms with Crippen molar-refractivity contribution in [1.82, 2.24) is 9.29 Å². The van der Waals surface area contributed by atoms with E-state index in [2.05, 4.69) is 4.98 Å². The number of halogens is 3. The number of hydrogen-bond donors (Lipinski definition) is 1. The van der Waals surface area contributed by atoms with Crippen molar-refractivity contribution in [2.24, 2.45) is 0 Å². The van der Waals surface area contributed by atoms with Crippen LogP contribution in [0.4, 0.5) is 13.2 Å². The summed E-state index contributed by atoms with van der Waals surface area (Å²) in [4.78, 5) is 2.04. The summed E-state index contributed by atoms with van der Waals surface area (Å²) < 4.78 is 65.0. The molecule has 24 heavy (non-hydrogen) atoms. The molecule has 0 fully saturated rings. The van der Waals surface area contributed by atoms with Crippen LogP contribution in [0.3, 0.4) is 0 Å². The van der Waals surface area contributed by atoms with Gasteiger partial charge >= 0.3 is 6.18 Å². The minimum absolute atomic E-state index is 0.0964. The van der Waals surface area contributed by atoms with Crippen LogP contribution < -0.4 is 0 Å². The molecule has 9 heteroatoms. The van der Waals surface area contributed by atoms with Gasteiger partial charge in [0.05, 0.1) is 22.9 Å². The molecule has 0 unspecified atom stereocenters. The summed E-state index contributed by atoms with van der Waals surface area (Å²) in [5, 5.41) is 8.64. The molecule has 0 aliphatic heterocycles. The first-order valence-corrected chi connectivity index (χ1v) is 8.20. The SMILES string of the molecule is CN(C)S(=O)(=O)c1ccc(-c2ccc(CC#N)[nH]2)cc1C(F)(F)F. The van der Waals surface area contributed by atoms with Crippen molar-refractivity contribution in [2.75, 3.05) is 14.1 Å². The van der Waals surface area contributed by atoms with Crippen molar-refractivity contribution in [1.29, 1.82) is 5.26 Å². The zero-order valence-corrected chi connectivity index (χ0v) is 13.7. The molecule has 0 saturated heterocycles. The normalized spacial score (nSPS) is 12.4. The highest BCUT2D eigenvalue weighted by Gasteiger charge is 2.38. The van der Waals surface area contributed by atoms with Gasteiger partial charge in [-0.2, -0.15) is 18.4 Å². The van der Waals surface area contributed by atoms with Gasteiger partial charge in [0.25, 0.3) is 0 Å². The summed E-state index contributed by atoms with van der Waals surface area (Å²) in [7, 11) is -1.89. The molecule has 128 valence electrons. The molecular weight excluding hydrogens is 343 g/mol. The second kappa shape index (κ2) is 6.30. The molecule has 0 amide bonds. The van der Waals surface area contributed by atoms with Crippen LogP contribution >= 0.6 is 0 Å². The van der Waals surface area contributed by atoms with Crippen molar-refractivity contribution >= 4 is 10.0 Å². The molecule has 0 saturated carbocycles. The van der Waals surface area contributed by atoms with Gasteiger partial charge in [-0.25, -0.2) is 12.7 Å². The zero-order chi connectivity index (χ0) is 18.1. The van der Waals surface area contributed by atoms with E-state index in [1.165, 1.54) is 20.2 Å². The Morgan fingerprint density at radius 1 is 1.21 bits per heavy atom. The Kier molecular flexibility index (Phi) is 4.73. The van der Waals surface area contributed by atoms with E-state index in [1.54, 1.807) is 12.1 Å². The average molecular weight is 357 g/mol. The molecule has 1 N–H and O–H groups in total. The fraction of sp³-hybridized carbons (Fsp3) is 0.267. The molecule has 1 aromatic heterocycles. The van der Waals surface area contributed by atoms with E-state index >= 15 is 0 Å². The highest BCUT2D eigenvalue weighted by atomic mass is 32.2. The van der Waals surface area contributed by atoms with Gasteiger partial charge in [0.2, 0.25) is 10.0 Å². The number of hydrogen-bond acceptors (Lipinski definition) is 3. The molecule has 2 rings (SSSR count). The molecule has 0 atom stereocenters. The van der Waals surface area contributed by atoms with E-state index < -0.39 is 26.7 Å². The number of nitrogens with zero attached hydrogens (tertiary/aromatic N) is 2. The summed E-state index contributed by atoms with van der Waals surface area (Å²) in [6.45, 7) is 0. The van der Waals surface area contributed by atoms with Crippen molar-refractivity contribution in [3.8, 4) is 17.3 Å². The Hall–Kier alpha value is -2.31. The topological polar surface area (TPSA) is 77.0 Å². The van der Waals surface area contributed by atoms with Crippen LogP contribution in [0.1, 0.15) is 11.3 Å². The fourth-order valence-electron chi connectivity index (χ4n) is 2.14. The second-order valence-corrected chi connectivity index (χ2v) is 7.35. The minimum Gasteiger partial charge on any atom is -0.358 e. The van der Waals surface area contributed by atoms with Gasteiger partial charge in [0, 0.05) is 25.5 Å². The monoisotopic (exact) mass is 357 g/mol. The first-order valence-electron chi connectivity index (χ1n) is 6.76. The van der Waals surface area contributed by atoms with Gasteiger partial charge in [0.1, 0.15) is 0 Å². The third-order valence-corrected chi connectivity index (χ3v) is 5.24. The van der Waals surface area contributed by atoms with E-state index in [4.69, 9.17) is 5.26 Å². The maximum absolute atomic E-state index is 13.3. The van der Waals surface area contributed by atoms with Crippen LogP contribution in [0, 0.1) is 11.3 Å². The summed E-state index contributed by atoms with van der Waals surface area (Å²) in [6, 6.07) is 8.10. The minimum atomic E-state index is -4.82. The van der Waals surface area contributed by atoms with Crippen LogP contribution in [0.15, 0.2) is 35.2 Å². The number of alkyl halides is 3. The van der Waals surface area contributed by atoms with Gasteiger partial charge in [-0.05, 0) is 29.8 Å². The Morgan fingerprint density at radius 3 is 2.42 bits per heavy atom. The standard InChI is InChI=1S/C15H14F3N3O2S/c1-21(2)24(22,23)14-6-3-10(9-12(14)15(16,17)18)13-5-4-11(20-13)7-8-19/h3-6,9,20H,7H2,1-2H3. The lowest BCUT2D eigenvalue weighted by molar-refractivity contribution is -0.139. The van der Waals surface area contributed by atoms with Crippen LogP contribution in [-0.4, -0.2) is 31.8 Å². The number of aromatic nitrogens is 1. The molecule has 5 nitrogen and oxygen atoms in total. The number of rotatable bonds is 4. The predicted octanol–water partition coefficient (Wildman–Crippen LogP) is 3.02. The van der Waals surface area contributed by atoms with E-state index in [9.17, 15) is 21.6 Å². The number of nitrogens with one attached hydrogen (secondary N) is 1. The molecule has 0 aliphatic carbocycles. The van der Waals surface area contributed by atoms with Gasteiger partial charge in [-0.1, -0.05) is 6.07 Å². The van der Waals surface area contributed by atoms with Gasteiger partial charge in [0.15, 0.2) is 0 Å². The van der Waals surface area contributed by atoms with Gasteiger partial charge in [-0.3, -0.25) is 0 Å². The molecule has 0 aliphatic rings. The molecule has 0 bridgehead atoms.